The van der Waals surface area contributed by atoms with E-state index in [-0.39, 0.29) is 12.5 Å². The number of benzene rings is 1. The van der Waals surface area contributed by atoms with Crippen LogP contribution in [0, 0.1) is 5.41 Å². The minimum Gasteiger partial charge on any atom is -0.277 e. The minimum absolute atomic E-state index is 0.168. The fourth-order valence-electron chi connectivity index (χ4n) is 3.09. The molecule has 1 aliphatic heterocycles. The molecule has 2 aliphatic rings. The Kier molecular flexibility index (Phi) is 3.57. The molecule has 5 nitrogen and oxygen atoms in total. The highest BCUT2D eigenvalue weighted by molar-refractivity contribution is 9.10. The van der Waals surface area contributed by atoms with Gasteiger partial charge in [0.2, 0.25) is 11.8 Å². The maximum Gasteiger partial charge on any atom is 0.331 e. The van der Waals surface area contributed by atoms with Crippen molar-refractivity contribution in [1.29, 1.82) is 0 Å². The van der Waals surface area contributed by atoms with Gasteiger partial charge in [0.05, 0.1) is 6.54 Å². The summed E-state index contributed by atoms with van der Waals surface area (Å²) in [6, 6.07) is 6.80. The van der Waals surface area contributed by atoms with Gasteiger partial charge in [-0.25, -0.2) is 4.79 Å². The second kappa shape index (κ2) is 5.26. The number of rotatable bonds is 2. The average Bonchev–Trinajstić information content (AvgIpc) is 2.95. The first-order chi connectivity index (χ1) is 10.0. The molecule has 1 heterocycles. The van der Waals surface area contributed by atoms with E-state index in [9.17, 15) is 14.4 Å². The van der Waals surface area contributed by atoms with Crippen LogP contribution in [0.4, 0.5) is 4.79 Å². The predicted molar refractivity (Wildman–Crippen MR) is 79.1 cm³/mol. The molecule has 1 saturated heterocycles. The molecule has 1 aromatic rings. The molecule has 21 heavy (non-hydrogen) atoms. The zero-order valence-corrected chi connectivity index (χ0v) is 13.0. The number of amides is 4. The van der Waals surface area contributed by atoms with E-state index in [1.54, 1.807) is 0 Å². The van der Waals surface area contributed by atoms with Crippen molar-refractivity contribution in [2.75, 3.05) is 0 Å². The van der Waals surface area contributed by atoms with Crippen LogP contribution < -0.4 is 5.32 Å². The lowest BCUT2D eigenvalue weighted by Crippen LogP contribution is -2.62. The van der Waals surface area contributed by atoms with Crippen molar-refractivity contribution in [3.8, 4) is 0 Å². The number of urea groups is 1. The largest absolute Gasteiger partial charge is 0.331 e. The Balaban J connectivity index is 1.91. The molecule has 1 aromatic carbocycles. The van der Waals surface area contributed by atoms with E-state index < -0.39 is 17.4 Å². The van der Waals surface area contributed by atoms with Crippen molar-refractivity contribution in [2.24, 2.45) is 5.41 Å². The van der Waals surface area contributed by atoms with Gasteiger partial charge in [-0.2, -0.15) is 0 Å². The summed E-state index contributed by atoms with van der Waals surface area (Å²) in [6.45, 7) is 0.168. The van der Waals surface area contributed by atoms with Gasteiger partial charge < -0.3 is 0 Å². The molecular weight excluding hydrogens is 336 g/mol. The molecule has 4 amide bonds. The number of nitrogens with one attached hydrogen (secondary N) is 1. The van der Waals surface area contributed by atoms with Crippen LogP contribution in [0.5, 0.6) is 0 Å². The summed E-state index contributed by atoms with van der Waals surface area (Å²) in [5.41, 5.74) is -0.196. The van der Waals surface area contributed by atoms with Gasteiger partial charge in [-0.15, -0.1) is 0 Å². The number of nitrogens with zero attached hydrogens (tertiary/aromatic N) is 1. The number of carbonyl (C=O) groups is 3. The lowest BCUT2D eigenvalue weighted by molar-refractivity contribution is -0.151. The van der Waals surface area contributed by atoms with Crippen LogP contribution in [-0.2, 0) is 16.1 Å². The second-order valence-electron chi connectivity index (χ2n) is 5.53. The molecule has 2 fully saturated rings. The fraction of sp³-hybridized carbons (Fsp3) is 0.400. The highest BCUT2D eigenvalue weighted by Crippen LogP contribution is 2.42. The number of imide groups is 2. The van der Waals surface area contributed by atoms with Gasteiger partial charge in [-0.05, 0) is 24.5 Å². The molecule has 110 valence electrons. The number of halogens is 1. The normalized spacial score (nSPS) is 21.0. The van der Waals surface area contributed by atoms with E-state index in [2.05, 4.69) is 21.2 Å². The lowest BCUT2D eigenvalue weighted by atomic mass is 9.82. The summed E-state index contributed by atoms with van der Waals surface area (Å²) >= 11 is 3.41. The Hall–Kier alpha value is -1.69. The molecule has 0 aromatic heterocycles. The Morgan fingerprint density at radius 3 is 2.48 bits per heavy atom. The van der Waals surface area contributed by atoms with Crippen LogP contribution in [0.2, 0.25) is 0 Å². The molecule has 3 rings (SSSR count). The third kappa shape index (κ3) is 2.27. The predicted octanol–water partition coefficient (Wildman–Crippen LogP) is 2.59. The number of carbonyl (C=O) groups excluding carboxylic acids is 3. The van der Waals surface area contributed by atoms with Crippen molar-refractivity contribution in [3.63, 3.8) is 0 Å². The van der Waals surface area contributed by atoms with Gasteiger partial charge in [0, 0.05) is 4.47 Å². The van der Waals surface area contributed by atoms with E-state index >= 15 is 0 Å². The van der Waals surface area contributed by atoms with Crippen LogP contribution in [0.15, 0.2) is 28.7 Å². The number of hydrogen-bond acceptors (Lipinski definition) is 3. The molecule has 6 heteroatoms. The van der Waals surface area contributed by atoms with E-state index in [1.165, 1.54) is 0 Å². The molecule has 1 N–H and O–H groups in total. The Morgan fingerprint density at radius 2 is 1.81 bits per heavy atom. The summed E-state index contributed by atoms with van der Waals surface area (Å²) in [5, 5.41) is 2.34. The van der Waals surface area contributed by atoms with E-state index in [4.69, 9.17) is 0 Å². The topological polar surface area (TPSA) is 66.5 Å². The number of barbiturate groups is 1. The van der Waals surface area contributed by atoms with Crippen LogP contribution in [0.1, 0.15) is 31.2 Å². The van der Waals surface area contributed by atoms with Crippen molar-refractivity contribution in [2.45, 2.75) is 32.2 Å². The summed E-state index contributed by atoms with van der Waals surface area (Å²) < 4.78 is 0.836. The summed E-state index contributed by atoms with van der Waals surface area (Å²) in [6.07, 6.45) is 2.74. The van der Waals surface area contributed by atoms with Gasteiger partial charge in [-0.3, -0.25) is 19.8 Å². The van der Waals surface area contributed by atoms with Crippen molar-refractivity contribution in [3.05, 3.63) is 34.3 Å². The standard InChI is InChI=1S/C15H15BrN2O3/c16-11-6-2-1-5-10(11)9-18-13(20)15(7-3-4-8-15)12(19)17-14(18)21/h1-2,5-6H,3-4,7-9H2,(H,17,19,21). The second-order valence-corrected chi connectivity index (χ2v) is 6.39. The Morgan fingerprint density at radius 1 is 1.14 bits per heavy atom. The molecule has 0 bridgehead atoms. The smallest absolute Gasteiger partial charge is 0.277 e. The Labute approximate surface area is 130 Å². The maximum atomic E-state index is 12.7. The first-order valence-electron chi connectivity index (χ1n) is 6.95. The maximum absolute atomic E-state index is 12.7. The summed E-state index contributed by atoms with van der Waals surface area (Å²) in [4.78, 5) is 38.0. The highest BCUT2D eigenvalue weighted by Gasteiger charge is 2.54. The van der Waals surface area contributed by atoms with Gasteiger partial charge >= 0.3 is 6.03 Å². The van der Waals surface area contributed by atoms with Crippen LogP contribution in [-0.4, -0.2) is 22.7 Å². The first kappa shape index (κ1) is 14.3. The van der Waals surface area contributed by atoms with Crippen molar-refractivity contribution >= 4 is 33.8 Å². The Bertz CT molecular complexity index is 623. The molecule has 1 saturated carbocycles. The van der Waals surface area contributed by atoms with Crippen LogP contribution in [0.3, 0.4) is 0 Å². The third-order valence-electron chi connectivity index (χ3n) is 4.30. The summed E-state index contributed by atoms with van der Waals surface area (Å²) in [7, 11) is 0. The monoisotopic (exact) mass is 350 g/mol. The van der Waals surface area contributed by atoms with Crippen LogP contribution in [0.25, 0.3) is 0 Å². The fourth-order valence-corrected chi connectivity index (χ4v) is 3.50. The molecule has 0 atom stereocenters. The molecule has 1 spiro atoms. The molecular formula is C15H15BrN2O3. The zero-order valence-electron chi connectivity index (χ0n) is 11.4. The SMILES string of the molecule is O=C1NC(=O)C2(CCCC2)C(=O)N1Cc1ccccc1Br. The summed E-state index contributed by atoms with van der Waals surface area (Å²) in [5.74, 6) is -0.789. The van der Waals surface area contributed by atoms with Gasteiger partial charge in [0.1, 0.15) is 5.41 Å². The first-order valence-corrected chi connectivity index (χ1v) is 7.75. The minimum atomic E-state index is -1.03. The van der Waals surface area contributed by atoms with Crippen molar-refractivity contribution < 1.29 is 14.4 Å². The van der Waals surface area contributed by atoms with Gasteiger partial charge in [0.15, 0.2) is 0 Å². The van der Waals surface area contributed by atoms with Crippen LogP contribution >= 0.6 is 15.9 Å². The third-order valence-corrected chi connectivity index (χ3v) is 5.07. The van der Waals surface area contributed by atoms with E-state index in [0.29, 0.717) is 12.8 Å². The van der Waals surface area contributed by atoms with Gasteiger partial charge in [-0.1, -0.05) is 47.0 Å². The van der Waals surface area contributed by atoms with E-state index in [0.717, 1.165) is 27.8 Å². The van der Waals surface area contributed by atoms with E-state index in [1.807, 2.05) is 24.3 Å². The molecule has 0 unspecified atom stereocenters. The lowest BCUT2D eigenvalue weighted by Gasteiger charge is -2.36. The average molecular weight is 351 g/mol. The zero-order chi connectivity index (χ0) is 15.0. The molecule has 1 aliphatic carbocycles. The van der Waals surface area contributed by atoms with Gasteiger partial charge in [0.25, 0.3) is 0 Å². The van der Waals surface area contributed by atoms with Crippen molar-refractivity contribution in [1.82, 2.24) is 10.2 Å². The highest BCUT2D eigenvalue weighted by atomic mass is 79.9. The number of hydrogen-bond donors (Lipinski definition) is 1. The molecule has 0 radical (unpaired) electrons. The quantitative estimate of drug-likeness (QED) is 0.833.